The van der Waals surface area contributed by atoms with Crippen LogP contribution in [0.1, 0.15) is 53.1 Å². The average Bonchev–Trinajstić information content (AvgIpc) is 2.57. The third-order valence-electron chi connectivity index (χ3n) is 3.63. The van der Waals surface area contributed by atoms with Crippen LogP contribution >= 0.6 is 12.2 Å². The van der Waals surface area contributed by atoms with Gasteiger partial charge in [-0.05, 0) is 17.9 Å². The predicted molar refractivity (Wildman–Crippen MR) is 94.5 cm³/mol. The summed E-state index contributed by atoms with van der Waals surface area (Å²) >= 11 is 4.94. The van der Waals surface area contributed by atoms with E-state index in [1.807, 2.05) is 0 Å². The molecule has 0 spiro atoms. The third-order valence-corrected chi connectivity index (χ3v) is 4.01. The first-order valence-electron chi connectivity index (χ1n) is 8.00. The molecule has 1 aromatic heterocycles. The van der Waals surface area contributed by atoms with E-state index in [1.54, 1.807) is 13.8 Å². The number of carbonyl (C=O) groups excluding carboxylic acids is 2. The standard InChI is InChI=1S/C17H19F5N2O3S/c1-7(2)6-8-9(16(26)27-5)11(14(18)19)23-13(17(20,21)22)10(8)12(28)15(25)24(3)4/h7,14H,6H2,1-5H3. The Morgan fingerprint density at radius 2 is 1.71 bits per heavy atom. The number of aromatic nitrogens is 1. The first-order chi connectivity index (χ1) is 12.7. The topological polar surface area (TPSA) is 59.5 Å². The van der Waals surface area contributed by atoms with E-state index in [-0.39, 0.29) is 12.3 Å². The SMILES string of the molecule is COC(=O)c1c(C(F)F)nc(C(F)(F)F)c(C(=S)C(=O)N(C)C)c1CC(C)C. The Kier molecular flexibility index (Phi) is 7.58. The fourth-order valence-corrected chi connectivity index (χ4v) is 2.92. The van der Waals surface area contributed by atoms with Crippen LogP contribution in [0.5, 0.6) is 0 Å². The molecule has 0 radical (unpaired) electrons. The molecular weight excluding hydrogens is 407 g/mol. The highest BCUT2D eigenvalue weighted by Gasteiger charge is 2.42. The van der Waals surface area contributed by atoms with Crippen molar-refractivity contribution in [1.82, 2.24) is 9.88 Å². The molecule has 0 unspecified atom stereocenters. The van der Waals surface area contributed by atoms with Crippen LogP contribution in [0, 0.1) is 5.92 Å². The van der Waals surface area contributed by atoms with Crippen LogP contribution in [0.4, 0.5) is 22.0 Å². The molecule has 1 heterocycles. The van der Waals surface area contributed by atoms with Crippen LogP contribution in [0.2, 0.25) is 0 Å². The van der Waals surface area contributed by atoms with Crippen molar-refractivity contribution in [2.75, 3.05) is 21.2 Å². The molecule has 0 atom stereocenters. The number of thiocarbonyl (C=S) groups is 1. The lowest BCUT2D eigenvalue weighted by atomic mass is 9.89. The lowest BCUT2D eigenvalue weighted by Gasteiger charge is -2.23. The maximum absolute atomic E-state index is 13.6. The average molecular weight is 426 g/mol. The van der Waals surface area contributed by atoms with Crippen LogP contribution in [0.15, 0.2) is 0 Å². The molecular formula is C17H19F5N2O3S. The number of likely N-dealkylation sites (N-methyl/N-ethyl adjacent to an activating group) is 1. The van der Waals surface area contributed by atoms with Gasteiger partial charge in [0, 0.05) is 19.7 Å². The summed E-state index contributed by atoms with van der Waals surface area (Å²) in [6.45, 7) is 3.22. The Balaban J connectivity index is 4.14. The summed E-state index contributed by atoms with van der Waals surface area (Å²) in [6, 6.07) is 0. The summed E-state index contributed by atoms with van der Waals surface area (Å²) in [4.78, 5) is 27.6. The maximum atomic E-state index is 13.6. The number of carbonyl (C=O) groups is 2. The molecule has 1 amide bonds. The molecule has 5 nitrogen and oxygen atoms in total. The molecule has 0 bridgehead atoms. The lowest BCUT2D eigenvalue weighted by molar-refractivity contribution is -0.141. The molecule has 1 rings (SSSR count). The quantitative estimate of drug-likeness (QED) is 0.300. The van der Waals surface area contributed by atoms with E-state index in [0.717, 1.165) is 12.0 Å². The first kappa shape index (κ1) is 23.9. The van der Waals surface area contributed by atoms with Crippen LogP contribution in [0.25, 0.3) is 0 Å². The van der Waals surface area contributed by atoms with Gasteiger partial charge in [0.15, 0.2) is 5.69 Å². The summed E-state index contributed by atoms with van der Waals surface area (Å²) < 4.78 is 72.4. The number of hydrogen-bond acceptors (Lipinski definition) is 5. The molecule has 0 saturated carbocycles. The lowest BCUT2D eigenvalue weighted by Crippen LogP contribution is -2.33. The summed E-state index contributed by atoms with van der Waals surface area (Å²) in [5, 5.41) is 0. The number of methoxy groups -OCH3 is 1. The number of pyridine rings is 1. The third kappa shape index (κ3) is 5.00. The smallest absolute Gasteiger partial charge is 0.434 e. The van der Waals surface area contributed by atoms with Gasteiger partial charge in [0.05, 0.1) is 12.7 Å². The van der Waals surface area contributed by atoms with Gasteiger partial charge in [0.25, 0.3) is 12.3 Å². The fraction of sp³-hybridized carbons (Fsp3) is 0.529. The van der Waals surface area contributed by atoms with Gasteiger partial charge in [-0.25, -0.2) is 18.6 Å². The van der Waals surface area contributed by atoms with Gasteiger partial charge in [-0.15, -0.1) is 0 Å². The molecule has 0 aliphatic rings. The first-order valence-corrected chi connectivity index (χ1v) is 8.41. The number of esters is 1. The molecule has 0 aliphatic carbocycles. The maximum Gasteiger partial charge on any atom is 0.434 e. The van der Waals surface area contributed by atoms with Gasteiger partial charge in [0.1, 0.15) is 10.6 Å². The van der Waals surface area contributed by atoms with Crippen molar-refractivity contribution < 1.29 is 36.3 Å². The van der Waals surface area contributed by atoms with E-state index in [1.165, 1.54) is 14.1 Å². The Labute approximate surface area is 163 Å². The Morgan fingerprint density at radius 1 is 1.18 bits per heavy atom. The minimum Gasteiger partial charge on any atom is -0.465 e. The number of nitrogens with zero attached hydrogens (tertiary/aromatic N) is 2. The Morgan fingerprint density at radius 3 is 2.07 bits per heavy atom. The zero-order valence-corrected chi connectivity index (χ0v) is 16.6. The summed E-state index contributed by atoms with van der Waals surface area (Å²) in [5.74, 6) is -2.59. The highest BCUT2D eigenvalue weighted by molar-refractivity contribution is 7.82. The van der Waals surface area contributed by atoms with Gasteiger partial charge < -0.3 is 9.64 Å². The van der Waals surface area contributed by atoms with Gasteiger partial charge in [-0.3, -0.25) is 4.79 Å². The van der Waals surface area contributed by atoms with E-state index in [2.05, 4.69) is 9.72 Å². The molecule has 0 N–H and O–H groups in total. The van der Waals surface area contributed by atoms with E-state index >= 15 is 0 Å². The normalized spacial score (nSPS) is 11.7. The number of amides is 1. The summed E-state index contributed by atoms with van der Waals surface area (Å²) in [7, 11) is 3.44. The van der Waals surface area contributed by atoms with Gasteiger partial charge in [-0.2, -0.15) is 13.2 Å². The largest absolute Gasteiger partial charge is 0.465 e. The minimum absolute atomic E-state index is 0.230. The van der Waals surface area contributed by atoms with Crippen LogP contribution in [-0.2, 0) is 22.1 Å². The zero-order chi connectivity index (χ0) is 22.0. The second-order valence-corrected chi connectivity index (χ2v) is 6.90. The number of ether oxygens (including phenoxy) is 1. The van der Waals surface area contributed by atoms with Gasteiger partial charge in [0.2, 0.25) is 0 Å². The summed E-state index contributed by atoms with van der Waals surface area (Å²) in [6.07, 6.45) is -8.89. The fourth-order valence-electron chi connectivity index (χ4n) is 2.51. The van der Waals surface area contributed by atoms with E-state index < -0.39 is 57.4 Å². The van der Waals surface area contributed by atoms with Crippen molar-refractivity contribution in [2.24, 2.45) is 5.92 Å². The van der Waals surface area contributed by atoms with Gasteiger partial charge in [-0.1, -0.05) is 26.1 Å². The molecule has 1 aromatic rings. The summed E-state index contributed by atoms with van der Waals surface area (Å²) in [5.41, 5.74) is -5.17. The molecule has 156 valence electrons. The zero-order valence-electron chi connectivity index (χ0n) is 15.8. The number of hydrogen-bond donors (Lipinski definition) is 0. The number of rotatable bonds is 6. The van der Waals surface area contributed by atoms with Crippen molar-refractivity contribution in [1.29, 1.82) is 0 Å². The second kappa shape index (κ2) is 8.89. The highest BCUT2D eigenvalue weighted by Crippen LogP contribution is 2.38. The number of halogens is 5. The van der Waals surface area contributed by atoms with Crippen LogP contribution in [0.3, 0.4) is 0 Å². The number of alkyl halides is 5. The molecule has 0 aliphatic heterocycles. The van der Waals surface area contributed by atoms with Crippen molar-refractivity contribution in [3.8, 4) is 0 Å². The highest BCUT2D eigenvalue weighted by atomic mass is 32.1. The Hall–Kier alpha value is -2.17. The van der Waals surface area contributed by atoms with Gasteiger partial charge >= 0.3 is 12.1 Å². The molecule has 11 heteroatoms. The van der Waals surface area contributed by atoms with E-state index in [0.29, 0.717) is 0 Å². The minimum atomic E-state index is -5.18. The molecule has 0 saturated heterocycles. The Bertz CT molecular complexity index is 792. The predicted octanol–water partition coefficient (Wildman–Crippen LogP) is 3.83. The van der Waals surface area contributed by atoms with Crippen molar-refractivity contribution >= 4 is 29.0 Å². The van der Waals surface area contributed by atoms with Crippen molar-refractivity contribution in [2.45, 2.75) is 32.9 Å². The molecule has 28 heavy (non-hydrogen) atoms. The molecule has 0 fully saturated rings. The van der Waals surface area contributed by atoms with Crippen molar-refractivity contribution in [3.05, 3.63) is 28.1 Å². The van der Waals surface area contributed by atoms with Crippen LogP contribution < -0.4 is 0 Å². The van der Waals surface area contributed by atoms with E-state index in [4.69, 9.17) is 12.2 Å². The van der Waals surface area contributed by atoms with Crippen LogP contribution in [-0.4, -0.2) is 47.8 Å². The monoisotopic (exact) mass is 426 g/mol. The van der Waals surface area contributed by atoms with Crippen molar-refractivity contribution in [3.63, 3.8) is 0 Å². The van der Waals surface area contributed by atoms with E-state index in [9.17, 15) is 31.5 Å². The molecule has 0 aromatic carbocycles. The second-order valence-electron chi connectivity index (χ2n) is 6.49.